The number of aromatic nitrogens is 5. The van der Waals surface area contributed by atoms with Gasteiger partial charge in [-0.3, -0.25) is 52.9 Å². The van der Waals surface area contributed by atoms with E-state index in [1.54, 1.807) is 0 Å². The summed E-state index contributed by atoms with van der Waals surface area (Å²) in [5.41, 5.74) is -4.31. The predicted octanol–water partition coefficient (Wildman–Crippen LogP) is -2.28. The molecular formula is C30H35N5O18S. The van der Waals surface area contributed by atoms with Crippen molar-refractivity contribution in [3.05, 3.63) is 53.4 Å². The maximum absolute atomic E-state index is 13.1. The first-order valence-corrected chi connectivity index (χ1v) is 16.8. The SMILES string of the molecule is CC(=O)OC[C@@H]1O[C@H](n2nc(SCc3cn([C@@H]4O[C@H](COC(C)=O)[C@H](OC(C)=O)[C@@H]4OC(C)=O)c(=O)[nH]c3=O)c(=O)[nH]c2=O)[C@H](OC(C)=O)[C@H]1OC(C)=O. The number of esters is 6. The van der Waals surface area contributed by atoms with Crippen LogP contribution in [0.1, 0.15) is 59.6 Å². The van der Waals surface area contributed by atoms with Crippen molar-refractivity contribution in [2.45, 2.75) is 101 Å². The highest BCUT2D eigenvalue weighted by molar-refractivity contribution is 7.98. The quantitative estimate of drug-likeness (QED) is 0.123. The Bertz CT molecular complexity index is 1900. The molecule has 0 unspecified atom stereocenters. The number of ether oxygens (including phenoxy) is 8. The molecule has 0 aromatic carbocycles. The molecule has 2 aliphatic rings. The number of hydrogen-bond donors (Lipinski definition) is 2. The van der Waals surface area contributed by atoms with E-state index in [1.165, 1.54) is 0 Å². The number of rotatable bonds is 13. The van der Waals surface area contributed by atoms with Crippen LogP contribution in [-0.4, -0.2) is 110 Å². The monoisotopic (exact) mass is 785 g/mol. The number of hydrogen-bond acceptors (Lipinski definition) is 20. The molecule has 8 atom stereocenters. The predicted molar refractivity (Wildman–Crippen MR) is 173 cm³/mol. The molecule has 0 saturated carbocycles. The van der Waals surface area contributed by atoms with Gasteiger partial charge in [0.05, 0.1) is 0 Å². The third kappa shape index (κ3) is 10.1. The summed E-state index contributed by atoms with van der Waals surface area (Å²) in [6.07, 6.45) is -10.4. The Morgan fingerprint density at radius 1 is 0.648 bits per heavy atom. The molecule has 0 spiro atoms. The largest absolute Gasteiger partial charge is 0.463 e. The van der Waals surface area contributed by atoms with Crippen LogP contribution < -0.4 is 22.5 Å². The Morgan fingerprint density at radius 2 is 1.09 bits per heavy atom. The molecule has 294 valence electrons. The minimum atomic E-state index is -1.63. The van der Waals surface area contributed by atoms with E-state index in [0.717, 1.165) is 52.3 Å². The fourth-order valence-corrected chi connectivity index (χ4v) is 6.26. The molecule has 2 saturated heterocycles. The Balaban J connectivity index is 1.68. The van der Waals surface area contributed by atoms with Gasteiger partial charge in [0.15, 0.2) is 41.9 Å². The smallest absolute Gasteiger partial charge is 0.347 e. The molecule has 0 amide bonds. The number of nitrogens with zero attached hydrogens (tertiary/aromatic N) is 3. The van der Waals surface area contributed by atoms with E-state index in [0.29, 0.717) is 16.4 Å². The fraction of sp³-hybridized carbons (Fsp3) is 0.567. The van der Waals surface area contributed by atoms with Crippen molar-refractivity contribution in [3.8, 4) is 0 Å². The number of carbonyl (C=O) groups is 6. The van der Waals surface area contributed by atoms with Crippen molar-refractivity contribution in [3.63, 3.8) is 0 Å². The van der Waals surface area contributed by atoms with E-state index < -0.39 is 131 Å². The fourth-order valence-electron chi connectivity index (χ4n) is 5.43. The van der Waals surface area contributed by atoms with Crippen LogP contribution in [0, 0.1) is 0 Å². The summed E-state index contributed by atoms with van der Waals surface area (Å²) < 4.78 is 44.3. The molecule has 2 fully saturated rings. The summed E-state index contributed by atoms with van der Waals surface area (Å²) in [6, 6.07) is 0. The van der Waals surface area contributed by atoms with Gasteiger partial charge in [-0.15, -0.1) is 0 Å². The molecule has 0 radical (unpaired) electrons. The molecule has 54 heavy (non-hydrogen) atoms. The lowest BCUT2D eigenvalue weighted by molar-refractivity contribution is -0.166. The van der Waals surface area contributed by atoms with Gasteiger partial charge in [0, 0.05) is 59.1 Å². The Hall–Kier alpha value is -5.62. The zero-order chi connectivity index (χ0) is 40.0. The highest BCUT2D eigenvalue weighted by Gasteiger charge is 2.52. The maximum Gasteiger partial charge on any atom is 0.347 e. The summed E-state index contributed by atoms with van der Waals surface area (Å²) >= 11 is 0.606. The molecule has 0 aliphatic carbocycles. The number of nitrogens with one attached hydrogen (secondary N) is 2. The first kappa shape index (κ1) is 41.1. The van der Waals surface area contributed by atoms with Crippen molar-refractivity contribution in [1.29, 1.82) is 0 Å². The van der Waals surface area contributed by atoms with Crippen LogP contribution in [0.2, 0.25) is 0 Å². The number of aromatic amines is 2. The van der Waals surface area contributed by atoms with E-state index in [4.69, 9.17) is 37.9 Å². The van der Waals surface area contributed by atoms with Gasteiger partial charge in [-0.25, -0.2) is 9.59 Å². The Labute approximate surface area is 306 Å². The van der Waals surface area contributed by atoms with Gasteiger partial charge in [0.25, 0.3) is 11.1 Å². The average molecular weight is 786 g/mol. The van der Waals surface area contributed by atoms with E-state index in [1.807, 2.05) is 4.98 Å². The van der Waals surface area contributed by atoms with Gasteiger partial charge >= 0.3 is 47.2 Å². The molecule has 4 heterocycles. The highest BCUT2D eigenvalue weighted by Crippen LogP contribution is 2.35. The van der Waals surface area contributed by atoms with Crippen molar-refractivity contribution in [2.24, 2.45) is 0 Å². The van der Waals surface area contributed by atoms with Crippen LogP contribution in [0.5, 0.6) is 0 Å². The lowest BCUT2D eigenvalue weighted by Gasteiger charge is -2.24. The van der Waals surface area contributed by atoms with E-state index in [2.05, 4.69) is 10.1 Å². The molecule has 2 N–H and O–H groups in total. The Kier molecular flexibility index (Phi) is 13.3. The molecule has 2 aromatic rings. The van der Waals surface area contributed by atoms with Crippen LogP contribution in [0.3, 0.4) is 0 Å². The van der Waals surface area contributed by atoms with Gasteiger partial charge < -0.3 is 37.9 Å². The zero-order valence-electron chi connectivity index (χ0n) is 29.4. The molecule has 24 heteroatoms. The van der Waals surface area contributed by atoms with E-state index in [9.17, 15) is 47.9 Å². The second-order valence-electron chi connectivity index (χ2n) is 11.7. The standard InChI is InChI=1S/C30H35N5O18S/c1-11(36)46-8-18-20(48-13(3)38)22(50-15(5)40)27(52-18)34-7-17(24(42)31-29(34)44)10-54-26-25(43)32-30(45)35(33-26)28-23(51-16(6)41)21(49-14(4)39)19(53-28)9-47-12(2)37/h7,18-23,27-28H,8-10H2,1-6H3,(H,31,42,44)(H,32,43,45)/t18-,19+,20+,21+,22+,23-,27-,28+/m1/s1. The van der Waals surface area contributed by atoms with Crippen LogP contribution >= 0.6 is 11.8 Å². The summed E-state index contributed by atoms with van der Waals surface area (Å²) in [7, 11) is 0. The molecule has 2 aliphatic heterocycles. The number of carbonyl (C=O) groups excluding carboxylic acids is 6. The summed E-state index contributed by atoms with van der Waals surface area (Å²) in [6.45, 7) is 5.45. The number of thioether (sulfide) groups is 1. The normalized spacial score (nSPS) is 24.6. The van der Waals surface area contributed by atoms with Crippen LogP contribution in [0.4, 0.5) is 0 Å². The zero-order valence-corrected chi connectivity index (χ0v) is 30.2. The van der Waals surface area contributed by atoms with Gasteiger partial charge in [-0.2, -0.15) is 9.78 Å². The van der Waals surface area contributed by atoms with Crippen molar-refractivity contribution in [2.75, 3.05) is 13.2 Å². The maximum atomic E-state index is 13.1. The van der Waals surface area contributed by atoms with Gasteiger partial charge in [0.2, 0.25) is 0 Å². The van der Waals surface area contributed by atoms with Crippen molar-refractivity contribution in [1.82, 2.24) is 24.3 Å². The second kappa shape index (κ2) is 17.5. The molecule has 23 nitrogen and oxygen atoms in total. The minimum absolute atomic E-state index is 0.178. The topological polar surface area (TPSA) is 299 Å². The van der Waals surface area contributed by atoms with Gasteiger partial charge in [-0.1, -0.05) is 11.8 Å². The number of H-pyrrole nitrogens is 2. The molecule has 0 bridgehead atoms. The first-order chi connectivity index (χ1) is 25.4. The van der Waals surface area contributed by atoms with E-state index >= 15 is 0 Å². The Morgan fingerprint density at radius 3 is 1.57 bits per heavy atom. The van der Waals surface area contributed by atoms with E-state index in [-0.39, 0.29) is 5.56 Å². The summed E-state index contributed by atoms with van der Waals surface area (Å²) in [4.78, 5) is 127. The van der Waals surface area contributed by atoms with Gasteiger partial charge in [0.1, 0.15) is 25.4 Å². The molecular weight excluding hydrogens is 750 g/mol. The molecule has 4 rings (SSSR count). The lowest BCUT2D eigenvalue weighted by Crippen LogP contribution is -2.43. The van der Waals surface area contributed by atoms with Crippen LogP contribution in [-0.2, 0) is 72.4 Å². The molecule has 2 aromatic heterocycles. The summed E-state index contributed by atoms with van der Waals surface area (Å²) in [5, 5.41) is 3.62. The minimum Gasteiger partial charge on any atom is -0.463 e. The van der Waals surface area contributed by atoms with Crippen molar-refractivity contribution >= 4 is 47.6 Å². The highest BCUT2D eigenvalue weighted by atomic mass is 32.2. The van der Waals surface area contributed by atoms with Crippen LogP contribution in [0.25, 0.3) is 0 Å². The third-order valence-corrected chi connectivity index (χ3v) is 8.42. The van der Waals surface area contributed by atoms with Crippen molar-refractivity contribution < 1.29 is 66.7 Å². The average Bonchev–Trinajstić information content (AvgIpc) is 3.54. The first-order valence-electron chi connectivity index (χ1n) is 15.8. The van der Waals surface area contributed by atoms with Crippen LogP contribution in [0.15, 0.2) is 30.4 Å². The summed E-state index contributed by atoms with van der Waals surface area (Å²) in [5.74, 6) is -5.21. The van der Waals surface area contributed by atoms with Gasteiger partial charge in [-0.05, 0) is 0 Å². The third-order valence-electron chi connectivity index (χ3n) is 7.42. The lowest BCUT2D eigenvalue weighted by atomic mass is 10.1. The second-order valence-corrected chi connectivity index (χ2v) is 12.6.